The van der Waals surface area contributed by atoms with Crippen LogP contribution in [0.15, 0.2) is 72.3 Å². The van der Waals surface area contributed by atoms with Crippen molar-refractivity contribution in [3.8, 4) is 11.5 Å². The lowest BCUT2D eigenvalue weighted by molar-refractivity contribution is -0.132. The normalized spacial score (nSPS) is 17.3. The van der Waals surface area contributed by atoms with Crippen LogP contribution in [0.5, 0.6) is 11.5 Å². The Kier molecular flexibility index (Phi) is 5.92. The summed E-state index contributed by atoms with van der Waals surface area (Å²) in [6.45, 7) is 3.80. The highest BCUT2D eigenvalue weighted by Gasteiger charge is 2.47. The van der Waals surface area contributed by atoms with Gasteiger partial charge in [-0.2, -0.15) is 0 Å². The molecule has 3 aromatic carbocycles. The summed E-state index contributed by atoms with van der Waals surface area (Å²) in [5.74, 6) is -0.859. The smallest absolute Gasteiger partial charge is 0.300 e. The first-order chi connectivity index (χ1) is 15.9. The molecule has 1 saturated heterocycles. The van der Waals surface area contributed by atoms with Crippen LogP contribution >= 0.6 is 0 Å². The van der Waals surface area contributed by atoms with E-state index in [0.29, 0.717) is 22.7 Å². The molecular weight excluding hydrogens is 418 g/mol. The number of Topliss-reactive ketones (excluding diaryl/α,β-unsaturated/α-hetero) is 1. The van der Waals surface area contributed by atoms with Gasteiger partial charge < -0.3 is 14.6 Å². The lowest BCUT2D eigenvalue weighted by atomic mass is 9.92. The zero-order valence-electron chi connectivity index (χ0n) is 19.0. The van der Waals surface area contributed by atoms with Gasteiger partial charge in [0.1, 0.15) is 17.3 Å². The minimum atomic E-state index is -0.792. The van der Waals surface area contributed by atoms with Gasteiger partial charge in [0.2, 0.25) is 0 Å². The molecule has 0 bridgehead atoms. The van der Waals surface area contributed by atoms with Gasteiger partial charge in [0.15, 0.2) is 0 Å². The number of carbonyl (C=O) groups excluding carboxylic acids is 2. The van der Waals surface area contributed by atoms with Gasteiger partial charge in [-0.15, -0.1) is 0 Å². The fourth-order valence-electron chi connectivity index (χ4n) is 4.24. The van der Waals surface area contributed by atoms with Gasteiger partial charge in [-0.05, 0) is 48.7 Å². The van der Waals surface area contributed by atoms with Crippen molar-refractivity contribution in [3.63, 3.8) is 0 Å². The molecule has 1 aliphatic heterocycles. The summed E-state index contributed by atoms with van der Waals surface area (Å²) >= 11 is 0. The molecule has 1 amide bonds. The second-order valence-corrected chi connectivity index (χ2v) is 7.88. The van der Waals surface area contributed by atoms with Gasteiger partial charge >= 0.3 is 0 Å². The van der Waals surface area contributed by atoms with E-state index in [9.17, 15) is 14.7 Å². The Balaban J connectivity index is 2.01. The van der Waals surface area contributed by atoms with E-state index in [1.165, 1.54) is 19.1 Å². The molecule has 6 nitrogen and oxygen atoms in total. The summed E-state index contributed by atoms with van der Waals surface area (Å²) < 4.78 is 10.7. The third-order valence-corrected chi connectivity index (χ3v) is 5.97. The number of anilines is 1. The van der Waals surface area contributed by atoms with Crippen molar-refractivity contribution in [3.05, 3.63) is 94.6 Å². The number of aryl methyl sites for hydroxylation is 2. The first-order valence-electron chi connectivity index (χ1n) is 10.5. The fourth-order valence-corrected chi connectivity index (χ4v) is 4.24. The predicted octanol–water partition coefficient (Wildman–Crippen LogP) is 4.95. The molecule has 6 heteroatoms. The van der Waals surface area contributed by atoms with Crippen LogP contribution in [-0.2, 0) is 9.59 Å². The van der Waals surface area contributed by atoms with Crippen molar-refractivity contribution in [2.75, 3.05) is 19.1 Å². The molecule has 0 radical (unpaired) electrons. The Morgan fingerprint density at radius 2 is 1.55 bits per heavy atom. The van der Waals surface area contributed by atoms with Crippen LogP contribution in [0.3, 0.4) is 0 Å². The highest BCUT2D eigenvalue weighted by Crippen LogP contribution is 2.45. The molecule has 3 aromatic rings. The van der Waals surface area contributed by atoms with E-state index >= 15 is 0 Å². The van der Waals surface area contributed by atoms with E-state index in [2.05, 4.69) is 0 Å². The van der Waals surface area contributed by atoms with Crippen molar-refractivity contribution >= 4 is 23.1 Å². The number of nitrogens with zero attached hydrogens (tertiary/aromatic N) is 1. The summed E-state index contributed by atoms with van der Waals surface area (Å²) in [5.41, 5.74) is 3.44. The molecule has 1 unspecified atom stereocenters. The number of hydrogen-bond donors (Lipinski definition) is 1. The van der Waals surface area contributed by atoms with Crippen LogP contribution in [0.4, 0.5) is 5.69 Å². The van der Waals surface area contributed by atoms with Gasteiger partial charge in [-0.3, -0.25) is 14.5 Å². The van der Waals surface area contributed by atoms with Crippen LogP contribution in [0, 0.1) is 13.8 Å². The SMILES string of the molecule is COc1ccc(/C(O)=C2\C(=O)C(=O)N(c3ccccc3C)C2c2ccccc2C)c(OC)c1. The van der Waals surface area contributed by atoms with Crippen LogP contribution in [0.2, 0.25) is 0 Å². The second-order valence-electron chi connectivity index (χ2n) is 7.88. The largest absolute Gasteiger partial charge is 0.507 e. The molecule has 0 spiro atoms. The first kappa shape index (κ1) is 22.1. The van der Waals surface area contributed by atoms with E-state index in [-0.39, 0.29) is 11.3 Å². The second kappa shape index (κ2) is 8.82. The lowest BCUT2D eigenvalue weighted by Gasteiger charge is -2.28. The van der Waals surface area contributed by atoms with Crippen molar-refractivity contribution in [1.29, 1.82) is 0 Å². The Hall–Kier alpha value is -4.06. The molecule has 1 aliphatic rings. The Morgan fingerprint density at radius 3 is 2.18 bits per heavy atom. The first-order valence-corrected chi connectivity index (χ1v) is 10.5. The van der Waals surface area contributed by atoms with Crippen LogP contribution in [-0.4, -0.2) is 31.0 Å². The summed E-state index contributed by atoms with van der Waals surface area (Å²) in [7, 11) is 3.00. The highest BCUT2D eigenvalue weighted by molar-refractivity contribution is 6.51. The van der Waals surface area contributed by atoms with E-state index in [1.54, 1.807) is 24.3 Å². The molecular formula is C27H25NO5. The zero-order valence-corrected chi connectivity index (χ0v) is 19.0. The maximum Gasteiger partial charge on any atom is 0.300 e. The molecule has 4 rings (SSSR count). The van der Waals surface area contributed by atoms with Gasteiger partial charge in [0.25, 0.3) is 11.7 Å². The highest BCUT2D eigenvalue weighted by atomic mass is 16.5. The average molecular weight is 443 g/mol. The maximum atomic E-state index is 13.4. The van der Waals surface area contributed by atoms with Gasteiger partial charge in [0.05, 0.1) is 31.4 Å². The summed E-state index contributed by atoms with van der Waals surface area (Å²) in [5, 5.41) is 11.4. The Labute approximate surface area is 192 Å². The molecule has 1 atom stereocenters. The summed E-state index contributed by atoms with van der Waals surface area (Å²) in [6.07, 6.45) is 0. The molecule has 1 fully saturated rings. The van der Waals surface area contributed by atoms with Crippen molar-refractivity contribution in [2.24, 2.45) is 0 Å². The molecule has 33 heavy (non-hydrogen) atoms. The summed E-state index contributed by atoms with van der Waals surface area (Å²) in [4.78, 5) is 28.2. The maximum absolute atomic E-state index is 13.4. The van der Waals surface area contributed by atoms with E-state index in [0.717, 1.165) is 16.7 Å². The third-order valence-electron chi connectivity index (χ3n) is 5.97. The number of para-hydroxylation sites is 1. The van der Waals surface area contributed by atoms with Crippen molar-refractivity contribution < 1.29 is 24.2 Å². The van der Waals surface area contributed by atoms with E-state index in [1.807, 2.05) is 56.3 Å². The topological polar surface area (TPSA) is 76.1 Å². The lowest BCUT2D eigenvalue weighted by Crippen LogP contribution is -2.30. The molecule has 0 aromatic heterocycles. The number of ether oxygens (including phenoxy) is 2. The van der Waals surface area contributed by atoms with Gasteiger partial charge in [-0.1, -0.05) is 42.5 Å². The molecule has 168 valence electrons. The Morgan fingerprint density at radius 1 is 0.879 bits per heavy atom. The van der Waals surface area contributed by atoms with Crippen LogP contribution in [0.1, 0.15) is 28.3 Å². The molecule has 1 heterocycles. The number of ketones is 1. The number of rotatable bonds is 5. The standard InChI is InChI=1S/C27H25NO5/c1-16-9-5-7-11-19(16)24-23(25(29)20-14-13-18(32-3)15-22(20)33-4)26(30)27(31)28(24)21-12-8-6-10-17(21)2/h5-15,24,29H,1-4H3/b25-23+. The predicted molar refractivity (Wildman–Crippen MR) is 127 cm³/mol. The number of aliphatic hydroxyl groups excluding tert-OH is 1. The van der Waals surface area contributed by atoms with Crippen molar-refractivity contribution in [1.82, 2.24) is 0 Å². The zero-order chi connectivity index (χ0) is 23.7. The van der Waals surface area contributed by atoms with Gasteiger partial charge in [-0.25, -0.2) is 0 Å². The Bertz CT molecular complexity index is 1280. The minimum Gasteiger partial charge on any atom is -0.507 e. The van der Waals surface area contributed by atoms with Crippen LogP contribution in [0.25, 0.3) is 5.76 Å². The third kappa shape index (κ3) is 3.74. The summed E-state index contributed by atoms with van der Waals surface area (Å²) in [6, 6.07) is 19.0. The number of amides is 1. The van der Waals surface area contributed by atoms with Crippen molar-refractivity contribution in [2.45, 2.75) is 19.9 Å². The number of hydrogen-bond acceptors (Lipinski definition) is 5. The molecule has 0 aliphatic carbocycles. The number of aliphatic hydroxyl groups is 1. The van der Waals surface area contributed by atoms with E-state index in [4.69, 9.17) is 9.47 Å². The fraction of sp³-hybridized carbons (Fsp3) is 0.185. The number of benzene rings is 3. The number of carbonyl (C=O) groups is 2. The molecule has 0 saturated carbocycles. The monoisotopic (exact) mass is 443 g/mol. The quantitative estimate of drug-likeness (QED) is 0.343. The average Bonchev–Trinajstić information content (AvgIpc) is 3.09. The van der Waals surface area contributed by atoms with Gasteiger partial charge in [0, 0.05) is 11.8 Å². The minimum absolute atomic E-state index is 0.0148. The van der Waals surface area contributed by atoms with Crippen LogP contribution < -0.4 is 14.4 Å². The molecule has 1 N–H and O–H groups in total. The van der Waals surface area contributed by atoms with E-state index < -0.39 is 17.7 Å². The number of methoxy groups -OCH3 is 2.